The standard InChI is InChI=1S/C16H24BrNO/c1-3-4-5-6-7-8-9-16(19)18-15-12-14(17)11-10-13(15)2/h10-12H,3-9H2,1-2H3,(H,18,19). The quantitative estimate of drug-likeness (QED) is 0.633. The fourth-order valence-electron chi connectivity index (χ4n) is 2.01. The molecule has 0 spiro atoms. The number of carbonyl (C=O) groups excluding carboxylic acids is 1. The van der Waals surface area contributed by atoms with Gasteiger partial charge in [0.15, 0.2) is 0 Å². The van der Waals surface area contributed by atoms with Crippen LogP contribution in [0.15, 0.2) is 22.7 Å². The van der Waals surface area contributed by atoms with Crippen LogP contribution in [0, 0.1) is 6.92 Å². The van der Waals surface area contributed by atoms with E-state index in [4.69, 9.17) is 0 Å². The smallest absolute Gasteiger partial charge is 0.224 e. The maximum Gasteiger partial charge on any atom is 0.224 e. The highest BCUT2D eigenvalue weighted by Gasteiger charge is 2.05. The summed E-state index contributed by atoms with van der Waals surface area (Å²) in [5.74, 6) is 0.122. The second-order valence-electron chi connectivity index (χ2n) is 5.03. The number of rotatable bonds is 8. The molecular weight excluding hydrogens is 302 g/mol. The van der Waals surface area contributed by atoms with Crippen LogP contribution in [-0.2, 0) is 4.79 Å². The summed E-state index contributed by atoms with van der Waals surface area (Å²) in [6, 6.07) is 5.94. The van der Waals surface area contributed by atoms with Crippen LogP contribution in [-0.4, -0.2) is 5.91 Å². The molecule has 1 rings (SSSR count). The van der Waals surface area contributed by atoms with Crippen molar-refractivity contribution in [1.82, 2.24) is 0 Å². The van der Waals surface area contributed by atoms with E-state index >= 15 is 0 Å². The van der Waals surface area contributed by atoms with Gasteiger partial charge in [-0.1, -0.05) is 61.0 Å². The molecule has 0 heterocycles. The van der Waals surface area contributed by atoms with Gasteiger partial charge in [-0.2, -0.15) is 0 Å². The molecule has 1 amide bonds. The van der Waals surface area contributed by atoms with E-state index in [-0.39, 0.29) is 5.91 Å². The number of unbranched alkanes of at least 4 members (excludes halogenated alkanes) is 5. The summed E-state index contributed by atoms with van der Waals surface area (Å²) < 4.78 is 0.993. The number of anilines is 1. The molecule has 106 valence electrons. The van der Waals surface area contributed by atoms with Gasteiger partial charge in [-0.05, 0) is 31.0 Å². The number of nitrogens with one attached hydrogen (secondary N) is 1. The molecule has 0 aliphatic carbocycles. The average Bonchev–Trinajstić information content (AvgIpc) is 2.38. The number of halogens is 1. The molecule has 2 nitrogen and oxygen atoms in total. The van der Waals surface area contributed by atoms with E-state index in [0.717, 1.165) is 28.6 Å². The topological polar surface area (TPSA) is 29.1 Å². The van der Waals surface area contributed by atoms with E-state index in [1.54, 1.807) is 0 Å². The molecule has 19 heavy (non-hydrogen) atoms. The van der Waals surface area contributed by atoms with Crippen LogP contribution in [0.2, 0.25) is 0 Å². The summed E-state index contributed by atoms with van der Waals surface area (Å²) in [5.41, 5.74) is 2.00. The van der Waals surface area contributed by atoms with E-state index in [1.807, 2.05) is 25.1 Å². The van der Waals surface area contributed by atoms with Crippen LogP contribution >= 0.6 is 15.9 Å². The van der Waals surface area contributed by atoms with Crippen molar-refractivity contribution in [2.45, 2.75) is 58.8 Å². The molecule has 0 saturated heterocycles. The summed E-state index contributed by atoms with van der Waals surface area (Å²) in [5, 5.41) is 2.98. The molecule has 0 radical (unpaired) electrons. The third-order valence-corrected chi connectivity index (χ3v) is 3.72. The van der Waals surface area contributed by atoms with Crippen molar-refractivity contribution in [2.75, 3.05) is 5.32 Å². The van der Waals surface area contributed by atoms with Gasteiger partial charge in [0.25, 0.3) is 0 Å². The first-order chi connectivity index (χ1) is 9.13. The fraction of sp³-hybridized carbons (Fsp3) is 0.562. The average molecular weight is 326 g/mol. The van der Waals surface area contributed by atoms with E-state index < -0.39 is 0 Å². The molecule has 1 N–H and O–H groups in total. The predicted molar refractivity (Wildman–Crippen MR) is 85.5 cm³/mol. The third-order valence-electron chi connectivity index (χ3n) is 3.23. The van der Waals surface area contributed by atoms with Crippen LogP contribution in [0.25, 0.3) is 0 Å². The van der Waals surface area contributed by atoms with E-state index in [2.05, 4.69) is 28.2 Å². The van der Waals surface area contributed by atoms with Crippen molar-refractivity contribution in [1.29, 1.82) is 0 Å². The lowest BCUT2D eigenvalue weighted by Gasteiger charge is -2.08. The Morgan fingerprint density at radius 2 is 1.84 bits per heavy atom. The Balaban J connectivity index is 2.25. The minimum atomic E-state index is 0.122. The first-order valence-electron chi connectivity index (χ1n) is 7.19. The summed E-state index contributed by atoms with van der Waals surface area (Å²) in [4.78, 5) is 11.8. The SMILES string of the molecule is CCCCCCCCC(=O)Nc1cc(Br)ccc1C. The number of aryl methyl sites for hydroxylation is 1. The molecule has 0 atom stereocenters. The Morgan fingerprint density at radius 3 is 2.58 bits per heavy atom. The molecule has 0 aromatic heterocycles. The van der Waals surface area contributed by atoms with Crippen molar-refractivity contribution in [3.63, 3.8) is 0 Å². The molecule has 1 aromatic rings. The van der Waals surface area contributed by atoms with Crippen molar-refractivity contribution in [3.05, 3.63) is 28.2 Å². The maximum atomic E-state index is 11.8. The van der Waals surface area contributed by atoms with Gasteiger partial charge in [-0.15, -0.1) is 0 Å². The Labute approximate surface area is 125 Å². The van der Waals surface area contributed by atoms with E-state index in [1.165, 1.54) is 25.7 Å². The molecule has 1 aromatic carbocycles. The Kier molecular flexibility index (Phi) is 7.80. The maximum absolute atomic E-state index is 11.8. The molecule has 0 saturated carbocycles. The third kappa shape index (κ3) is 6.76. The Hall–Kier alpha value is -0.830. The molecular formula is C16H24BrNO. The van der Waals surface area contributed by atoms with Crippen molar-refractivity contribution >= 4 is 27.5 Å². The lowest BCUT2D eigenvalue weighted by Crippen LogP contribution is -2.12. The zero-order valence-electron chi connectivity index (χ0n) is 12.0. The number of benzene rings is 1. The van der Waals surface area contributed by atoms with Crippen molar-refractivity contribution in [2.24, 2.45) is 0 Å². The molecule has 0 aliphatic heterocycles. The highest BCUT2D eigenvalue weighted by atomic mass is 79.9. The van der Waals surface area contributed by atoms with E-state index in [0.29, 0.717) is 6.42 Å². The predicted octanol–water partition coefficient (Wildman–Crippen LogP) is 5.45. The molecule has 0 unspecified atom stereocenters. The van der Waals surface area contributed by atoms with Crippen LogP contribution in [0.5, 0.6) is 0 Å². The molecule has 0 aliphatic rings. The van der Waals surface area contributed by atoms with Gasteiger partial charge in [0.05, 0.1) is 0 Å². The molecule has 0 bridgehead atoms. The van der Waals surface area contributed by atoms with E-state index in [9.17, 15) is 4.79 Å². The first-order valence-corrected chi connectivity index (χ1v) is 7.98. The highest BCUT2D eigenvalue weighted by Crippen LogP contribution is 2.21. The van der Waals surface area contributed by atoms with Gasteiger partial charge in [-0.3, -0.25) is 4.79 Å². The zero-order valence-corrected chi connectivity index (χ0v) is 13.6. The largest absolute Gasteiger partial charge is 0.326 e. The lowest BCUT2D eigenvalue weighted by molar-refractivity contribution is -0.116. The highest BCUT2D eigenvalue weighted by molar-refractivity contribution is 9.10. The summed E-state index contributed by atoms with van der Waals surface area (Å²) in [6.45, 7) is 4.22. The fourth-order valence-corrected chi connectivity index (χ4v) is 2.37. The number of hydrogen-bond donors (Lipinski definition) is 1. The Bertz CT molecular complexity index is 404. The number of hydrogen-bond acceptors (Lipinski definition) is 1. The van der Waals surface area contributed by atoms with Crippen LogP contribution in [0.4, 0.5) is 5.69 Å². The minimum Gasteiger partial charge on any atom is -0.326 e. The van der Waals surface area contributed by atoms with Crippen molar-refractivity contribution < 1.29 is 4.79 Å². The van der Waals surface area contributed by atoms with Gasteiger partial charge < -0.3 is 5.32 Å². The normalized spacial score (nSPS) is 10.5. The zero-order chi connectivity index (χ0) is 14.1. The lowest BCUT2D eigenvalue weighted by atomic mass is 10.1. The van der Waals surface area contributed by atoms with Crippen LogP contribution < -0.4 is 5.32 Å². The number of amides is 1. The molecule has 3 heteroatoms. The summed E-state index contributed by atoms with van der Waals surface area (Å²) in [7, 11) is 0. The van der Waals surface area contributed by atoms with Crippen molar-refractivity contribution in [3.8, 4) is 0 Å². The monoisotopic (exact) mass is 325 g/mol. The van der Waals surface area contributed by atoms with Gasteiger partial charge in [-0.25, -0.2) is 0 Å². The van der Waals surface area contributed by atoms with Gasteiger partial charge in [0.2, 0.25) is 5.91 Å². The second-order valence-corrected chi connectivity index (χ2v) is 5.94. The van der Waals surface area contributed by atoms with Gasteiger partial charge >= 0.3 is 0 Å². The first kappa shape index (κ1) is 16.2. The number of carbonyl (C=O) groups is 1. The second kappa shape index (κ2) is 9.13. The summed E-state index contributed by atoms with van der Waals surface area (Å²) >= 11 is 3.42. The van der Waals surface area contributed by atoms with Gasteiger partial charge in [0.1, 0.15) is 0 Å². The van der Waals surface area contributed by atoms with Gasteiger partial charge in [0, 0.05) is 16.6 Å². The Morgan fingerprint density at radius 1 is 1.16 bits per heavy atom. The molecule has 0 fully saturated rings. The van der Waals surface area contributed by atoms with Crippen LogP contribution in [0.3, 0.4) is 0 Å². The van der Waals surface area contributed by atoms with Crippen LogP contribution in [0.1, 0.15) is 57.4 Å². The minimum absolute atomic E-state index is 0.122. The summed E-state index contributed by atoms with van der Waals surface area (Å²) in [6.07, 6.45) is 7.89.